The van der Waals surface area contributed by atoms with Gasteiger partial charge in [0.25, 0.3) is 5.91 Å². The molecule has 4 aromatic carbocycles. The number of nitrogens with zero attached hydrogens (tertiary/aromatic N) is 4. The summed E-state index contributed by atoms with van der Waals surface area (Å²) in [5.41, 5.74) is 6.67. The minimum Gasteiger partial charge on any atom is -0.491 e. The molecule has 0 saturated heterocycles. The summed E-state index contributed by atoms with van der Waals surface area (Å²) in [5.74, 6) is 1.19. The number of carbonyl (C=O) groups excluding carboxylic acids is 1. The quantitative estimate of drug-likeness (QED) is 0.129. The van der Waals surface area contributed by atoms with Crippen molar-refractivity contribution in [1.82, 2.24) is 9.78 Å². The van der Waals surface area contributed by atoms with Crippen molar-refractivity contribution in [3.8, 4) is 22.7 Å². The van der Waals surface area contributed by atoms with Gasteiger partial charge in [-0.3, -0.25) is 4.79 Å². The molecule has 0 radical (unpaired) electrons. The van der Waals surface area contributed by atoms with Crippen LogP contribution in [-0.2, 0) is 4.79 Å². The van der Waals surface area contributed by atoms with Crippen LogP contribution in [0.1, 0.15) is 25.0 Å². The van der Waals surface area contributed by atoms with E-state index in [-0.39, 0.29) is 12.0 Å². The van der Waals surface area contributed by atoms with E-state index in [0.717, 1.165) is 44.6 Å². The normalized spacial score (nSPS) is 14.0. The Morgan fingerprint density at radius 2 is 1.49 bits per heavy atom. The summed E-state index contributed by atoms with van der Waals surface area (Å²) in [6.45, 7) is 6.09. The highest BCUT2D eigenvalue weighted by Gasteiger charge is 2.31. The number of carbonyl (C=O) groups is 1. The number of thioether (sulfide) groups is 1. The number of benzene rings is 4. The molecule has 0 unspecified atom stereocenters. The maximum Gasteiger partial charge on any atom is 0.280 e. The first-order chi connectivity index (χ1) is 20.9. The Bertz CT molecular complexity index is 1780. The highest BCUT2D eigenvalue weighted by Crippen LogP contribution is 2.32. The molecule has 1 aliphatic rings. The molecule has 0 spiro atoms. The molecule has 0 bridgehead atoms. The third-order valence-corrected chi connectivity index (χ3v) is 7.94. The average Bonchev–Trinajstić information content (AvgIpc) is 3.59. The zero-order chi connectivity index (χ0) is 29.8. The lowest BCUT2D eigenvalue weighted by Crippen LogP contribution is -2.21. The standard InChI is InChI=1S/C36H32N4O2S/c1-25(2)42-31-18-16-27(17-19-31)35-28(23-39(38-35)29-10-6-4-7-11-29)22-33-34(24-43-32-20-14-26(3)15-21-32)37-40(36(33)41)30-12-8-5-9-13-30/h4-23,25H,24H2,1-3H3/b33-22+. The number of para-hydroxylation sites is 2. The van der Waals surface area contributed by atoms with Gasteiger partial charge in [0, 0.05) is 28.0 Å². The van der Waals surface area contributed by atoms with Crippen molar-refractivity contribution < 1.29 is 9.53 Å². The highest BCUT2D eigenvalue weighted by molar-refractivity contribution is 8.00. The Balaban J connectivity index is 1.41. The Kier molecular flexibility index (Phi) is 8.24. The van der Waals surface area contributed by atoms with Crippen LogP contribution in [0.5, 0.6) is 5.75 Å². The first-order valence-electron chi connectivity index (χ1n) is 14.3. The summed E-state index contributed by atoms with van der Waals surface area (Å²) >= 11 is 1.66. The maximum absolute atomic E-state index is 13.9. The van der Waals surface area contributed by atoms with E-state index in [0.29, 0.717) is 11.3 Å². The summed E-state index contributed by atoms with van der Waals surface area (Å²) < 4.78 is 7.72. The highest BCUT2D eigenvalue weighted by atomic mass is 32.2. The van der Waals surface area contributed by atoms with Crippen LogP contribution in [0, 0.1) is 6.92 Å². The average molecular weight is 585 g/mol. The van der Waals surface area contributed by atoms with Crippen molar-refractivity contribution in [2.45, 2.75) is 31.8 Å². The van der Waals surface area contributed by atoms with Gasteiger partial charge in [-0.25, -0.2) is 4.68 Å². The van der Waals surface area contributed by atoms with E-state index in [1.165, 1.54) is 10.6 Å². The summed E-state index contributed by atoms with van der Waals surface area (Å²) in [7, 11) is 0. The molecule has 0 N–H and O–H groups in total. The molecule has 1 amide bonds. The van der Waals surface area contributed by atoms with Crippen molar-refractivity contribution in [1.29, 1.82) is 0 Å². The predicted molar refractivity (Wildman–Crippen MR) is 176 cm³/mol. The van der Waals surface area contributed by atoms with Gasteiger partial charge in [0.05, 0.1) is 34.5 Å². The van der Waals surface area contributed by atoms with Crippen molar-refractivity contribution in [3.05, 3.63) is 132 Å². The summed E-state index contributed by atoms with van der Waals surface area (Å²) in [6.07, 6.45) is 3.99. The third-order valence-electron chi connectivity index (χ3n) is 6.91. The second-order valence-electron chi connectivity index (χ2n) is 10.6. The van der Waals surface area contributed by atoms with Crippen LogP contribution < -0.4 is 9.75 Å². The van der Waals surface area contributed by atoms with E-state index < -0.39 is 0 Å². The van der Waals surface area contributed by atoms with E-state index in [4.69, 9.17) is 14.9 Å². The number of ether oxygens (including phenoxy) is 1. The Hall–Kier alpha value is -4.88. The minimum absolute atomic E-state index is 0.0832. The maximum atomic E-state index is 13.9. The van der Waals surface area contributed by atoms with E-state index in [2.05, 4.69) is 31.2 Å². The molecule has 214 valence electrons. The van der Waals surface area contributed by atoms with Crippen LogP contribution in [-0.4, -0.2) is 33.3 Å². The molecule has 6 rings (SSSR count). The molecule has 6 nitrogen and oxygen atoms in total. The largest absolute Gasteiger partial charge is 0.491 e. The van der Waals surface area contributed by atoms with Crippen LogP contribution in [0.25, 0.3) is 23.0 Å². The zero-order valence-electron chi connectivity index (χ0n) is 24.3. The van der Waals surface area contributed by atoms with Crippen LogP contribution >= 0.6 is 11.8 Å². The molecule has 0 aliphatic carbocycles. The monoisotopic (exact) mass is 584 g/mol. The number of rotatable bonds is 9. The van der Waals surface area contributed by atoms with Gasteiger partial charge < -0.3 is 4.74 Å². The number of hydrogen-bond donors (Lipinski definition) is 0. The molecule has 43 heavy (non-hydrogen) atoms. The molecule has 2 heterocycles. The van der Waals surface area contributed by atoms with Crippen molar-refractivity contribution >= 4 is 35.1 Å². The zero-order valence-corrected chi connectivity index (χ0v) is 25.2. The number of anilines is 1. The van der Waals surface area contributed by atoms with Crippen LogP contribution in [0.2, 0.25) is 0 Å². The summed E-state index contributed by atoms with van der Waals surface area (Å²) in [5, 5.41) is 11.3. The van der Waals surface area contributed by atoms with Gasteiger partial charge >= 0.3 is 0 Å². The first-order valence-corrected chi connectivity index (χ1v) is 15.2. The van der Waals surface area contributed by atoms with Crippen molar-refractivity contribution in [3.63, 3.8) is 0 Å². The first kappa shape index (κ1) is 28.2. The molecule has 7 heteroatoms. The summed E-state index contributed by atoms with van der Waals surface area (Å²) in [4.78, 5) is 15.1. The van der Waals surface area contributed by atoms with Gasteiger partial charge in [0.1, 0.15) is 5.75 Å². The minimum atomic E-state index is -0.162. The number of aryl methyl sites for hydroxylation is 1. The van der Waals surface area contributed by atoms with E-state index in [9.17, 15) is 4.79 Å². The second kappa shape index (κ2) is 12.5. The number of amides is 1. The lowest BCUT2D eigenvalue weighted by molar-refractivity contribution is -0.114. The Morgan fingerprint density at radius 3 is 2.14 bits per heavy atom. The molecule has 1 aromatic heterocycles. The molecule has 0 atom stereocenters. The van der Waals surface area contributed by atoms with Crippen molar-refractivity contribution in [2.75, 3.05) is 10.8 Å². The van der Waals surface area contributed by atoms with E-state index >= 15 is 0 Å². The fourth-order valence-electron chi connectivity index (χ4n) is 4.79. The number of aromatic nitrogens is 2. The van der Waals surface area contributed by atoms with Crippen LogP contribution in [0.15, 0.2) is 131 Å². The van der Waals surface area contributed by atoms with Crippen LogP contribution in [0.3, 0.4) is 0 Å². The second-order valence-corrected chi connectivity index (χ2v) is 11.6. The Morgan fingerprint density at radius 1 is 0.837 bits per heavy atom. The van der Waals surface area contributed by atoms with Gasteiger partial charge in [-0.05, 0) is 87.5 Å². The fourth-order valence-corrected chi connectivity index (χ4v) is 5.63. The number of hydrazone groups is 1. The molecule has 1 aliphatic heterocycles. The molecular formula is C36H32N4O2S. The lowest BCUT2D eigenvalue weighted by atomic mass is 10.0. The van der Waals surface area contributed by atoms with Gasteiger partial charge in [0.15, 0.2) is 0 Å². The summed E-state index contributed by atoms with van der Waals surface area (Å²) in [6, 6.07) is 35.8. The van der Waals surface area contributed by atoms with E-state index in [1.807, 2.05) is 116 Å². The lowest BCUT2D eigenvalue weighted by Gasteiger charge is -2.11. The topological polar surface area (TPSA) is 59.7 Å². The number of hydrogen-bond acceptors (Lipinski definition) is 5. The molecule has 5 aromatic rings. The SMILES string of the molecule is Cc1ccc(SCC2=NN(c3ccccc3)C(=O)/C2=C/c2cn(-c3ccccc3)nc2-c2ccc(OC(C)C)cc2)cc1. The predicted octanol–water partition coefficient (Wildman–Crippen LogP) is 8.21. The molecule has 0 fully saturated rings. The Labute approximate surface area is 256 Å². The van der Waals surface area contributed by atoms with Crippen LogP contribution in [0.4, 0.5) is 5.69 Å². The van der Waals surface area contributed by atoms with Crippen molar-refractivity contribution in [2.24, 2.45) is 5.10 Å². The van der Waals surface area contributed by atoms with Gasteiger partial charge in [-0.15, -0.1) is 11.8 Å². The fraction of sp³-hybridized carbons (Fsp3) is 0.139. The van der Waals surface area contributed by atoms with Gasteiger partial charge in [-0.2, -0.15) is 15.2 Å². The van der Waals surface area contributed by atoms with Gasteiger partial charge in [-0.1, -0.05) is 54.1 Å². The molecular weight excluding hydrogens is 552 g/mol. The smallest absolute Gasteiger partial charge is 0.280 e. The van der Waals surface area contributed by atoms with Gasteiger partial charge in [0.2, 0.25) is 0 Å². The van der Waals surface area contributed by atoms with E-state index in [1.54, 1.807) is 11.8 Å². The molecule has 0 saturated carbocycles. The third kappa shape index (κ3) is 6.47.